The van der Waals surface area contributed by atoms with Crippen molar-refractivity contribution in [3.05, 3.63) is 35.4 Å². The van der Waals surface area contributed by atoms with Gasteiger partial charge in [-0.1, -0.05) is 19.1 Å². The molecule has 1 aromatic carbocycles. The number of carbonyl (C=O) groups excluding carboxylic acids is 1. The monoisotopic (exact) mass is 286 g/mol. The van der Waals surface area contributed by atoms with Crippen LogP contribution in [0.15, 0.2) is 24.3 Å². The predicted octanol–water partition coefficient (Wildman–Crippen LogP) is 2.43. The lowest BCUT2D eigenvalue weighted by Gasteiger charge is -2.30. The highest BCUT2D eigenvalue weighted by Crippen LogP contribution is 2.31. The van der Waals surface area contributed by atoms with E-state index in [1.54, 1.807) is 0 Å². The summed E-state index contributed by atoms with van der Waals surface area (Å²) in [6.45, 7) is 3.48. The molecule has 0 spiro atoms. The highest BCUT2D eigenvalue weighted by atomic mass is 19.4. The molecule has 1 aliphatic rings. The number of halogens is 3. The summed E-state index contributed by atoms with van der Waals surface area (Å²) in [7, 11) is 0. The van der Waals surface area contributed by atoms with Gasteiger partial charge in [0.05, 0.1) is 11.1 Å². The minimum atomic E-state index is -4.52. The largest absolute Gasteiger partial charge is 0.417 e. The van der Waals surface area contributed by atoms with Crippen LogP contribution in [0.1, 0.15) is 29.3 Å². The molecule has 2 N–H and O–H groups in total. The van der Waals surface area contributed by atoms with Crippen LogP contribution < -0.4 is 10.6 Å². The Hall–Kier alpha value is -1.56. The van der Waals surface area contributed by atoms with Gasteiger partial charge in [-0.05, 0) is 37.6 Å². The molecule has 0 aromatic heterocycles. The Morgan fingerprint density at radius 3 is 2.70 bits per heavy atom. The van der Waals surface area contributed by atoms with Crippen molar-refractivity contribution < 1.29 is 18.0 Å². The molecule has 110 valence electrons. The molecule has 0 saturated carbocycles. The Bertz CT molecular complexity index is 488. The first-order chi connectivity index (χ1) is 9.39. The number of hydrogen-bond donors (Lipinski definition) is 2. The third-order valence-corrected chi connectivity index (χ3v) is 3.58. The first-order valence-corrected chi connectivity index (χ1v) is 6.57. The molecule has 1 aromatic rings. The minimum absolute atomic E-state index is 0.0926. The molecule has 0 bridgehead atoms. The van der Waals surface area contributed by atoms with Crippen LogP contribution in [0.2, 0.25) is 0 Å². The van der Waals surface area contributed by atoms with Crippen LogP contribution in [0.4, 0.5) is 13.2 Å². The predicted molar refractivity (Wildman–Crippen MR) is 69.3 cm³/mol. The van der Waals surface area contributed by atoms with Crippen molar-refractivity contribution in [2.45, 2.75) is 25.6 Å². The van der Waals surface area contributed by atoms with Gasteiger partial charge < -0.3 is 10.6 Å². The van der Waals surface area contributed by atoms with Crippen LogP contribution in [0, 0.1) is 5.92 Å². The van der Waals surface area contributed by atoms with E-state index in [1.807, 2.05) is 6.92 Å². The summed E-state index contributed by atoms with van der Waals surface area (Å²) in [5.74, 6) is -0.456. The van der Waals surface area contributed by atoms with Gasteiger partial charge in [0, 0.05) is 6.04 Å². The molecule has 1 amide bonds. The number of nitrogens with one attached hydrogen (secondary N) is 2. The summed E-state index contributed by atoms with van der Waals surface area (Å²) < 4.78 is 38.6. The zero-order valence-electron chi connectivity index (χ0n) is 11.1. The van der Waals surface area contributed by atoms with Gasteiger partial charge in [0.15, 0.2) is 0 Å². The number of benzene rings is 1. The smallest absolute Gasteiger partial charge is 0.349 e. The topological polar surface area (TPSA) is 41.1 Å². The summed E-state index contributed by atoms with van der Waals surface area (Å²) in [5.41, 5.74) is -1.20. The van der Waals surface area contributed by atoms with Crippen LogP contribution in [0.25, 0.3) is 0 Å². The summed E-state index contributed by atoms with van der Waals surface area (Å²) in [4.78, 5) is 12.1. The van der Waals surface area contributed by atoms with E-state index in [4.69, 9.17) is 0 Å². The zero-order chi connectivity index (χ0) is 14.8. The molecule has 3 nitrogen and oxygen atoms in total. The van der Waals surface area contributed by atoms with E-state index in [2.05, 4.69) is 10.6 Å². The molecule has 1 heterocycles. The summed E-state index contributed by atoms with van der Waals surface area (Å²) in [5, 5.41) is 5.90. The molecule has 2 atom stereocenters. The van der Waals surface area contributed by atoms with Crippen molar-refractivity contribution in [2.75, 3.05) is 13.1 Å². The van der Waals surface area contributed by atoms with Crippen LogP contribution >= 0.6 is 0 Å². The third kappa shape index (κ3) is 3.30. The second-order valence-corrected chi connectivity index (χ2v) is 5.09. The number of carbonyl (C=O) groups is 1. The fraction of sp³-hybridized carbons (Fsp3) is 0.500. The van der Waals surface area contributed by atoms with Crippen LogP contribution in [-0.4, -0.2) is 25.0 Å². The third-order valence-electron chi connectivity index (χ3n) is 3.58. The Morgan fingerprint density at radius 1 is 1.35 bits per heavy atom. The van der Waals surface area contributed by atoms with E-state index in [0.717, 1.165) is 25.6 Å². The van der Waals surface area contributed by atoms with Gasteiger partial charge in [0.1, 0.15) is 0 Å². The molecule has 2 rings (SSSR count). The van der Waals surface area contributed by atoms with Gasteiger partial charge in [-0.3, -0.25) is 4.79 Å². The van der Waals surface area contributed by atoms with E-state index in [-0.39, 0.29) is 17.5 Å². The fourth-order valence-electron chi connectivity index (χ4n) is 2.40. The van der Waals surface area contributed by atoms with Crippen molar-refractivity contribution in [3.8, 4) is 0 Å². The number of alkyl halides is 3. The molecule has 20 heavy (non-hydrogen) atoms. The van der Waals surface area contributed by atoms with Crippen molar-refractivity contribution in [3.63, 3.8) is 0 Å². The second kappa shape index (κ2) is 5.83. The number of piperidine rings is 1. The second-order valence-electron chi connectivity index (χ2n) is 5.09. The highest BCUT2D eigenvalue weighted by molar-refractivity contribution is 5.96. The maximum atomic E-state index is 12.9. The van der Waals surface area contributed by atoms with Crippen LogP contribution in [0.5, 0.6) is 0 Å². The average Bonchev–Trinajstić information content (AvgIpc) is 2.40. The van der Waals surface area contributed by atoms with Gasteiger partial charge >= 0.3 is 6.18 Å². The summed E-state index contributed by atoms with van der Waals surface area (Å²) in [6, 6.07) is 4.78. The van der Waals surface area contributed by atoms with E-state index in [0.29, 0.717) is 0 Å². The van der Waals surface area contributed by atoms with E-state index >= 15 is 0 Å². The first kappa shape index (κ1) is 14.8. The maximum Gasteiger partial charge on any atom is 0.417 e. The van der Waals surface area contributed by atoms with Gasteiger partial charge in [-0.25, -0.2) is 0 Å². The Morgan fingerprint density at radius 2 is 2.05 bits per heavy atom. The highest BCUT2D eigenvalue weighted by Gasteiger charge is 2.35. The lowest BCUT2D eigenvalue weighted by molar-refractivity contribution is -0.137. The van der Waals surface area contributed by atoms with Crippen LogP contribution in [0.3, 0.4) is 0 Å². The Kier molecular flexibility index (Phi) is 4.32. The number of rotatable bonds is 2. The Labute approximate surface area is 115 Å². The maximum absolute atomic E-state index is 12.9. The fourth-order valence-corrected chi connectivity index (χ4v) is 2.40. The lowest BCUT2D eigenvalue weighted by Crippen LogP contribution is -2.48. The first-order valence-electron chi connectivity index (χ1n) is 6.57. The van der Waals surface area contributed by atoms with Crippen molar-refractivity contribution >= 4 is 5.91 Å². The van der Waals surface area contributed by atoms with Gasteiger partial charge in [-0.2, -0.15) is 13.2 Å². The normalized spacial score (nSPS) is 23.4. The number of hydrogen-bond acceptors (Lipinski definition) is 2. The molecule has 1 fully saturated rings. The summed E-state index contributed by atoms with van der Waals surface area (Å²) in [6.07, 6.45) is -3.80. The lowest BCUT2D eigenvalue weighted by atomic mass is 9.94. The van der Waals surface area contributed by atoms with Crippen molar-refractivity contribution in [2.24, 2.45) is 5.92 Å². The van der Waals surface area contributed by atoms with E-state index < -0.39 is 17.6 Å². The number of amides is 1. The molecule has 6 heteroatoms. The van der Waals surface area contributed by atoms with Gasteiger partial charge in [0.2, 0.25) is 0 Å². The SMILES string of the molecule is C[C@@H]1CNCC[C@@H]1NC(=O)c1ccccc1C(F)(F)F. The standard InChI is InChI=1S/C14H17F3N2O/c1-9-8-18-7-6-12(9)19-13(20)10-4-2-3-5-11(10)14(15,16)17/h2-5,9,12,18H,6-8H2,1H3,(H,19,20)/t9-,12+/m1/s1. The molecule has 1 saturated heterocycles. The van der Waals surface area contributed by atoms with Crippen molar-refractivity contribution in [1.29, 1.82) is 0 Å². The zero-order valence-corrected chi connectivity index (χ0v) is 11.1. The molecular weight excluding hydrogens is 269 g/mol. The minimum Gasteiger partial charge on any atom is -0.349 e. The molecule has 0 radical (unpaired) electrons. The van der Waals surface area contributed by atoms with Gasteiger partial charge in [0.25, 0.3) is 5.91 Å². The van der Waals surface area contributed by atoms with Gasteiger partial charge in [-0.15, -0.1) is 0 Å². The molecular formula is C14H17F3N2O. The molecule has 0 unspecified atom stereocenters. The van der Waals surface area contributed by atoms with E-state index in [1.165, 1.54) is 18.2 Å². The van der Waals surface area contributed by atoms with Crippen molar-refractivity contribution in [1.82, 2.24) is 10.6 Å². The quantitative estimate of drug-likeness (QED) is 0.876. The van der Waals surface area contributed by atoms with Crippen LogP contribution in [-0.2, 0) is 6.18 Å². The molecule has 1 aliphatic heterocycles. The van der Waals surface area contributed by atoms with E-state index in [9.17, 15) is 18.0 Å². The molecule has 0 aliphatic carbocycles. The Balaban J connectivity index is 2.17. The summed E-state index contributed by atoms with van der Waals surface area (Å²) >= 11 is 0. The average molecular weight is 286 g/mol.